The highest BCUT2D eigenvalue weighted by atomic mass is 16.5. The van der Waals surface area contributed by atoms with Gasteiger partial charge in [0.2, 0.25) is 11.8 Å². The second-order valence-corrected chi connectivity index (χ2v) is 6.81. The summed E-state index contributed by atoms with van der Waals surface area (Å²) in [5, 5.41) is 5.89. The van der Waals surface area contributed by atoms with Gasteiger partial charge < -0.3 is 15.4 Å². The molecule has 0 spiro atoms. The van der Waals surface area contributed by atoms with Crippen LogP contribution in [0.4, 0.5) is 5.69 Å². The van der Waals surface area contributed by atoms with Crippen LogP contribution in [0.2, 0.25) is 0 Å². The molecule has 2 heterocycles. The van der Waals surface area contributed by atoms with E-state index in [-0.39, 0.29) is 17.9 Å². The van der Waals surface area contributed by atoms with E-state index in [2.05, 4.69) is 15.6 Å². The number of carbonyl (C=O) groups is 2. The molecule has 27 heavy (non-hydrogen) atoms. The lowest BCUT2D eigenvalue weighted by Gasteiger charge is -2.21. The minimum absolute atomic E-state index is 0.0445. The van der Waals surface area contributed by atoms with Crippen LogP contribution in [0, 0.1) is 6.92 Å². The molecular formula is C21H25N3O3. The first-order valence-electron chi connectivity index (χ1n) is 9.32. The molecule has 142 valence electrons. The van der Waals surface area contributed by atoms with Crippen molar-refractivity contribution in [3.05, 3.63) is 52.7 Å². The van der Waals surface area contributed by atoms with Crippen molar-refractivity contribution in [3.63, 3.8) is 0 Å². The van der Waals surface area contributed by atoms with Gasteiger partial charge in [-0.25, -0.2) is 4.98 Å². The van der Waals surface area contributed by atoms with Crippen molar-refractivity contribution in [1.29, 1.82) is 0 Å². The monoisotopic (exact) mass is 367 g/mol. The number of anilines is 1. The van der Waals surface area contributed by atoms with E-state index < -0.39 is 0 Å². The molecule has 1 aromatic heterocycles. The minimum Gasteiger partial charge on any atom is -0.477 e. The summed E-state index contributed by atoms with van der Waals surface area (Å²) in [7, 11) is 0. The Balaban J connectivity index is 1.75. The minimum atomic E-state index is -0.216. The zero-order valence-electron chi connectivity index (χ0n) is 16.0. The third-order valence-corrected chi connectivity index (χ3v) is 4.56. The number of nitrogens with one attached hydrogen (secondary N) is 2. The molecule has 0 fully saturated rings. The zero-order chi connectivity index (χ0) is 19.4. The maximum Gasteiger partial charge on any atom is 0.257 e. The van der Waals surface area contributed by atoms with Gasteiger partial charge in [0, 0.05) is 17.8 Å². The Bertz CT molecular complexity index is 864. The van der Waals surface area contributed by atoms with Crippen LogP contribution >= 0.6 is 0 Å². The number of ether oxygens (including phenoxy) is 1. The molecule has 3 rings (SSSR count). The number of fused-ring (bicyclic) bond motifs is 1. The second kappa shape index (κ2) is 8.20. The van der Waals surface area contributed by atoms with Crippen molar-refractivity contribution in [2.24, 2.45) is 0 Å². The summed E-state index contributed by atoms with van der Waals surface area (Å²) in [6.07, 6.45) is 2.05. The van der Waals surface area contributed by atoms with E-state index in [0.717, 1.165) is 28.9 Å². The fourth-order valence-electron chi connectivity index (χ4n) is 3.04. The molecule has 0 saturated heterocycles. The van der Waals surface area contributed by atoms with E-state index in [1.54, 1.807) is 12.1 Å². The Morgan fingerprint density at radius 1 is 1.30 bits per heavy atom. The summed E-state index contributed by atoms with van der Waals surface area (Å²) in [6, 6.07) is 9.24. The number of hydrogen-bond donors (Lipinski definition) is 2. The van der Waals surface area contributed by atoms with Gasteiger partial charge in [0.05, 0.1) is 12.6 Å². The van der Waals surface area contributed by atoms with Gasteiger partial charge in [-0.2, -0.15) is 0 Å². The molecule has 1 aliphatic heterocycles. The first kappa shape index (κ1) is 18.9. The van der Waals surface area contributed by atoms with Crippen LogP contribution in [-0.4, -0.2) is 23.4 Å². The lowest BCUT2D eigenvalue weighted by Crippen LogP contribution is -2.28. The Morgan fingerprint density at radius 3 is 2.89 bits per heavy atom. The van der Waals surface area contributed by atoms with Crippen LogP contribution < -0.4 is 15.4 Å². The maximum absolute atomic E-state index is 12.8. The van der Waals surface area contributed by atoms with Crippen LogP contribution in [0.5, 0.6) is 5.88 Å². The number of aryl methyl sites for hydroxylation is 2. The molecule has 2 amide bonds. The summed E-state index contributed by atoms with van der Waals surface area (Å²) in [5.41, 5.74) is 4.19. The number of aromatic nitrogens is 1. The summed E-state index contributed by atoms with van der Waals surface area (Å²) in [5.74, 6) is 0.199. The normalized spacial score (nSPS) is 14.1. The van der Waals surface area contributed by atoms with Gasteiger partial charge in [-0.05, 0) is 56.0 Å². The molecule has 0 bridgehead atoms. The molecular weight excluding hydrogens is 342 g/mol. The number of pyridine rings is 1. The summed E-state index contributed by atoms with van der Waals surface area (Å²) >= 11 is 0. The number of rotatable bonds is 6. The fraction of sp³-hybridized carbons (Fsp3) is 0.381. The maximum atomic E-state index is 12.8. The number of nitrogens with zero attached hydrogens (tertiary/aromatic N) is 1. The van der Waals surface area contributed by atoms with Gasteiger partial charge in [0.25, 0.3) is 5.91 Å². The molecule has 2 aromatic rings. The van der Waals surface area contributed by atoms with Crippen LogP contribution in [0.3, 0.4) is 0 Å². The third-order valence-electron chi connectivity index (χ3n) is 4.56. The van der Waals surface area contributed by atoms with Crippen molar-refractivity contribution < 1.29 is 14.3 Å². The first-order chi connectivity index (χ1) is 13.0. The van der Waals surface area contributed by atoms with Gasteiger partial charge in [0.15, 0.2) is 0 Å². The third kappa shape index (κ3) is 4.45. The van der Waals surface area contributed by atoms with Gasteiger partial charge in [-0.1, -0.05) is 19.1 Å². The SMILES string of the molecule is CCCOc1nc(C)ccc1C(=O)N[C@H](C)c1ccc2c(c1)CCC(=O)N2. The van der Waals surface area contributed by atoms with Crippen LogP contribution in [0.25, 0.3) is 0 Å². The van der Waals surface area contributed by atoms with Gasteiger partial charge in [-0.3, -0.25) is 9.59 Å². The van der Waals surface area contributed by atoms with E-state index in [1.165, 1.54) is 0 Å². The van der Waals surface area contributed by atoms with Crippen molar-refractivity contribution in [3.8, 4) is 5.88 Å². The Morgan fingerprint density at radius 2 is 2.11 bits per heavy atom. The topological polar surface area (TPSA) is 80.3 Å². The highest BCUT2D eigenvalue weighted by molar-refractivity contribution is 5.96. The average Bonchev–Trinajstić information content (AvgIpc) is 2.65. The van der Waals surface area contributed by atoms with Gasteiger partial charge >= 0.3 is 0 Å². The van der Waals surface area contributed by atoms with Crippen molar-refractivity contribution in [2.45, 2.75) is 46.1 Å². The average molecular weight is 367 g/mol. The van der Waals surface area contributed by atoms with Crippen LogP contribution in [0.15, 0.2) is 30.3 Å². The van der Waals surface area contributed by atoms with Gasteiger partial charge in [0.1, 0.15) is 5.56 Å². The second-order valence-electron chi connectivity index (χ2n) is 6.81. The van der Waals surface area contributed by atoms with Crippen molar-refractivity contribution >= 4 is 17.5 Å². The first-order valence-corrected chi connectivity index (χ1v) is 9.32. The van der Waals surface area contributed by atoms with E-state index in [0.29, 0.717) is 30.9 Å². The molecule has 0 radical (unpaired) electrons. The Hall–Kier alpha value is -2.89. The molecule has 1 aliphatic rings. The Kier molecular flexibility index (Phi) is 5.74. The molecule has 0 unspecified atom stereocenters. The molecule has 0 saturated carbocycles. The predicted molar refractivity (Wildman–Crippen MR) is 104 cm³/mol. The molecule has 0 aliphatic carbocycles. The van der Waals surface area contributed by atoms with Crippen LogP contribution in [-0.2, 0) is 11.2 Å². The smallest absolute Gasteiger partial charge is 0.257 e. The highest BCUT2D eigenvalue weighted by Crippen LogP contribution is 2.26. The number of hydrogen-bond acceptors (Lipinski definition) is 4. The molecule has 6 heteroatoms. The van der Waals surface area contributed by atoms with Gasteiger partial charge in [-0.15, -0.1) is 0 Å². The lowest BCUT2D eigenvalue weighted by molar-refractivity contribution is -0.116. The molecule has 2 N–H and O–H groups in total. The lowest BCUT2D eigenvalue weighted by atomic mass is 9.97. The highest BCUT2D eigenvalue weighted by Gasteiger charge is 2.19. The summed E-state index contributed by atoms with van der Waals surface area (Å²) in [6.45, 7) is 6.34. The van der Waals surface area contributed by atoms with E-state index in [1.807, 2.05) is 39.0 Å². The van der Waals surface area contributed by atoms with Crippen LogP contribution in [0.1, 0.15) is 59.9 Å². The predicted octanol–water partition coefficient (Wildman–Crippen LogP) is 3.55. The molecule has 1 atom stereocenters. The quantitative estimate of drug-likeness (QED) is 0.818. The van der Waals surface area contributed by atoms with E-state index in [4.69, 9.17) is 4.74 Å². The number of carbonyl (C=O) groups excluding carboxylic acids is 2. The number of benzene rings is 1. The standard InChI is InChI=1S/C21H25N3O3/c1-4-11-27-21-17(8-5-13(2)22-21)20(26)23-14(3)15-6-9-18-16(12-15)7-10-19(25)24-18/h5-6,8-9,12,14H,4,7,10-11H2,1-3H3,(H,23,26)(H,24,25)/t14-/m1/s1. The largest absolute Gasteiger partial charge is 0.477 e. The summed E-state index contributed by atoms with van der Waals surface area (Å²) < 4.78 is 5.65. The van der Waals surface area contributed by atoms with Crippen molar-refractivity contribution in [1.82, 2.24) is 10.3 Å². The van der Waals surface area contributed by atoms with E-state index in [9.17, 15) is 9.59 Å². The fourth-order valence-corrected chi connectivity index (χ4v) is 3.04. The summed E-state index contributed by atoms with van der Waals surface area (Å²) in [4.78, 5) is 28.6. The zero-order valence-corrected chi connectivity index (χ0v) is 16.0. The van der Waals surface area contributed by atoms with E-state index >= 15 is 0 Å². The molecule has 6 nitrogen and oxygen atoms in total. The molecule has 1 aromatic carbocycles. The van der Waals surface area contributed by atoms with Crippen molar-refractivity contribution in [2.75, 3.05) is 11.9 Å². The number of amides is 2. The Labute approximate surface area is 159 Å².